The molecule has 1 aromatic heterocycles. The van der Waals surface area contributed by atoms with Crippen LogP contribution in [-0.2, 0) is 13.5 Å². The Morgan fingerprint density at radius 3 is 2.89 bits per heavy atom. The number of hydrazine groups is 1. The highest BCUT2D eigenvalue weighted by Gasteiger charge is 2.16. The van der Waals surface area contributed by atoms with Gasteiger partial charge in [0.25, 0.3) is 0 Å². The van der Waals surface area contributed by atoms with Crippen molar-refractivity contribution in [1.29, 1.82) is 0 Å². The number of nitrogens with zero attached hydrogens (tertiary/aromatic N) is 2. The summed E-state index contributed by atoms with van der Waals surface area (Å²) in [6.45, 7) is 0. The lowest BCUT2D eigenvalue weighted by molar-refractivity contribution is 0.531. The van der Waals surface area contributed by atoms with Gasteiger partial charge >= 0.3 is 0 Å². The summed E-state index contributed by atoms with van der Waals surface area (Å²) in [4.78, 5) is 0. The molecule has 0 saturated carbocycles. The second-order valence-electron chi connectivity index (χ2n) is 4.05. The van der Waals surface area contributed by atoms with Crippen molar-refractivity contribution in [3.63, 3.8) is 0 Å². The smallest absolute Gasteiger partial charge is 0.137 e. The van der Waals surface area contributed by atoms with Gasteiger partial charge in [0.05, 0.1) is 16.2 Å². The molecule has 1 unspecified atom stereocenters. The molecule has 0 aliphatic heterocycles. The van der Waals surface area contributed by atoms with E-state index in [1.165, 1.54) is 6.07 Å². The Kier molecular flexibility index (Phi) is 4.11. The highest BCUT2D eigenvalue weighted by Crippen LogP contribution is 2.27. The van der Waals surface area contributed by atoms with E-state index in [0.29, 0.717) is 10.9 Å². The van der Waals surface area contributed by atoms with E-state index in [4.69, 9.17) is 5.84 Å². The maximum Gasteiger partial charge on any atom is 0.137 e. The van der Waals surface area contributed by atoms with Gasteiger partial charge in [0, 0.05) is 19.7 Å². The van der Waals surface area contributed by atoms with Crippen molar-refractivity contribution in [2.45, 2.75) is 12.5 Å². The van der Waals surface area contributed by atoms with Crippen LogP contribution in [0.1, 0.15) is 17.3 Å². The summed E-state index contributed by atoms with van der Waals surface area (Å²) in [5, 5.41) is 4.29. The van der Waals surface area contributed by atoms with Crippen LogP contribution in [0.3, 0.4) is 0 Å². The van der Waals surface area contributed by atoms with E-state index in [9.17, 15) is 4.39 Å². The third-order valence-electron chi connectivity index (χ3n) is 2.74. The molecule has 2 aromatic rings. The highest BCUT2D eigenvalue weighted by molar-refractivity contribution is 9.10. The van der Waals surface area contributed by atoms with E-state index in [2.05, 4.69) is 26.5 Å². The Balaban J connectivity index is 2.25. The lowest BCUT2D eigenvalue weighted by Gasteiger charge is -2.17. The number of hydrogen-bond acceptors (Lipinski definition) is 3. The average molecular weight is 313 g/mol. The molecule has 0 bridgehead atoms. The molecule has 0 aliphatic rings. The number of halogens is 2. The van der Waals surface area contributed by atoms with E-state index in [1.54, 1.807) is 10.7 Å². The topological polar surface area (TPSA) is 55.9 Å². The number of benzene rings is 1. The molecule has 18 heavy (non-hydrogen) atoms. The molecule has 2 rings (SSSR count). The maximum absolute atomic E-state index is 13.5. The minimum Gasteiger partial charge on any atom is -0.276 e. The Labute approximate surface area is 113 Å². The fraction of sp³-hybridized carbons (Fsp3) is 0.250. The van der Waals surface area contributed by atoms with Crippen LogP contribution in [0.5, 0.6) is 0 Å². The second-order valence-corrected chi connectivity index (χ2v) is 4.84. The van der Waals surface area contributed by atoms with Crippen LogP contribution < -0.4 is 11.3 Å². The van der Waals surface area contributed by atoms with Crippen molar-refractivity contribution >= 4 is 15.9 Å². The summed E-state index contributed by atoms with van der Waals surface area (Å²) in [5.41, 5.74) is 4.38. The second kappa shape index (κ2) is 5.60. The zero-order valence-electron chi connectivity index (χ0n) is 9.90. The van der Waals surface area contributed by atoms with Crippen molar-refractivity contribution in [3.8, 4) is 0 Å². The third-order valence-corrected chi connectivity index (χ3v) is 3.58. The van der Waals surface area contributed by atoms with Crippen LogP contribution in [0.4, 0.5) is 4.39 Å². The largest absolute Gasteiger partial charge is 0.276 e. The number of hydrogen-bond donors (Lipinski definition) is 2. The van der Waals surface area contributed by atoms with E-state index in [1.807, 2.05) is 25.4 Å². The zero-order valence-corrected chi connectivity index (χ0v) is 11.5. The van der Waals surface area contributed by atoms with Gasteiger partial charge in [-0.2, -0.15) is 5.10 Å². The lowest BCUT2D eigenvalue weighted by atomic mass is 10.0. The van der Waals surface area contributed by atoms with Gasteiger partial charge in [-0.3, -0.25) is 16.0 Å². The van der Waals surface area contributed by atoms with Crippen LogP contribution in [-0.4, -0.2) is 9.78 Å². The van der Waals surface area contributed by atoms with Crippen LogP contribution >= 0.6 is 15.9 Å². The summed E-state index contributed by atoms with van der Waals surface area (Å²) in [6, 6.07) is 6.63. The fourth-order valence-corrected chi connectivity index (χ4v) is 2.37. The highest BCUT2D eigenvalue weighted by atomic mass is 79.9. The monoisotopic (exact) mass is 312 g/mol. The van der Waals surface area contributed by atoms with Gasteiger partial charge < -0.3 is 0 Å². The molecule has 1 heterocycles. The first-order valence-corrected chi connectivity index (χ1v) is 6.29. The number of rotatable bonds is 4. The molecule has 6 heteroatoms. The Morgan fingerprint density at radius 2 is 2.28 bits per heavy atom. The fourth-order valence-electron chi connectivity index (χ4n) is 1.83. The number of nitrogens with two attached hydrogens (primary N) is 1. The summed E-state index contributed by atoms with van der Waals surface area (Å²) in [5.74, 6) is 5.25. The molecule has 0 amide bonds. The van der Waals surface area contributed by atoms with E-state index in [-0.39, 0.29) is 11.9 Å². The zero-order chi connectivity index (χ0) is 13.1. The summed E-state index contributed by atoms with van der Waals surface area (Å²) < 4.78 is 15.6. The van der Waals surface area contributed by atoms with Gasteiger partial charge in [0.1, 0.15) is 5.82 Å². The van der Waals surface area contributed by atoms with E-state index >= 15 is 0 Å². The van der Waals surface area contributed by atoms with Crippen LogP contribution in [0.25, 0.3) is 0 Å². The van der Waals surface area contributed by atoms with Gasteiger partial charge in [-0.15, -0.1) is 0 Å². The molecule has 0 saturated heterocycles. The van der Waals surface area contributed by atoms with Gasteiger partial charge in [-0.05, 0) is 33.6 Å². The minimum absolute atomic E-state index is 0.190. The standard InChI is InChI=1S/C12H14BrFN4/c1-18-6-5-8(17-18)7-11(16-15)9-3-2-4-10(14)12(9)13/h2-6,11,16H,7,15H2,1H3. The van der Waals surface area contributed by atoms with Gasteiger partial charge in [0.2, 0.25) is 0 Å². The van der Waals surface area contributed by atoms with Crippen molar-refractivity contribution < 1.29 is 4.39 Å². The Morgan fingerprint density at radius 1 is 1.50 bits per heavy atom. The van der Waals surface area contributed by atoms with E-state index < -0.39 is 0 Å². The van der Waals surface area contributed by atoms with Crippen molar-refractivity contribution in [2.75, 3.05) is 0 Å². The van der Waals surface area contributed by atoms with E-state index in [0.717, 1.165) is 11.3 Å². The van der Waals surface area contributed by atoms with Gasteiger partial charge in [0.15, 0.2) is 0 Å². The lowest BCUT2D eigenvalue weighted by Crippen LogP contribution is -2.30. The first-order chi connectivity index (χ1) is 8.61. The molecule has 0 spiro atoms. The van der Waals surface area contributed by atoms with Crippen LogP contribution in [0, 0.1) is 5.82 Å². The molecule has 0 aliphatic carbocycles. The number of aryl methyl sites for hydroxylation is 1. The van der Waals surface area contributed by atoms with Crippen LogP contribution in [0.15, 0.2) is 34.9 Å². The average Bonchev–Trinajstić information content (AvgIpc) is 2.76. The minimum atomic E-state index is -0.297. The number of aromatic nitrogens is 2. The van der Waals surface area contributed by atoms with Gasteiger partial charge in [-0.1, -0.05) is 12.1 Å². The molecule has 0 fully saturated rings. The summed E-state index contributed by atoms with van der Waals surface area (Å²) in [7, 11) is 1.85. The first-order valence-electron chi connectivity index (χ1n) is 5.50. The van der Waals surface area contributed by atoms with Crippen molar-refractivity contribution in [2.24, 2.45) is 12.9 Å². The summed E-state index contributed by atoms with van der Waals surface area (Å²) >= 11 is 3.24. The van der Waals surface area contributed by atoms with Crippen LogP contribution in [0.2, 0.25) is 0 Å². The van der Waals surface area contributed by atoms with Crippen molar-refractivity contribution in [1.82, 2.24) is 15.2 Å². The quantitative estimate of drug-likeness (QED) is 0.671. The summed E-state index contributed by atoms with van der Waals surface area (Å²) in [6.07, 6.45) is 2.46. The SMILES string of the molecule is Cn1ccc(CC(NN)c2cccc(F)c2Br)n1. The Hall–Kier alpha value is -1.24. The maximum atomic E-state index is 13.5. The van der Waals surface area contributed by atoms with Crippen molar-refractivity contribution in [3.05, 3.63) is 52.0 Å². The molecular weight excluding hydrogens is 299 g/mol. The molecule has 96 valence electrons. The molecular formula is C12H14BrFN4. The molecule has 0 radical (unpaired) electrons. The third kappa shape index (κ3) is 2.77. The molecule has 1 aromatic carbocycles. The molecule has 3 N–H and O–H groups in total. The normalized spacial score (nSPS) is 12.7. The predicted octanol–water partition coefficient (Wildman–Crippen LogP) is 2.07. The molecule has 1 atom stereocenters. The molecule has 4 nitrogen and oxygen atoms in total. The first kappa shape index (κ1) is 13.2. The van der Waals surface area contributed by atoms with Gasteiger partial charge in [-0.25, -0.2) is 4.39 Å². The Bertz CT molecular complexity index is 541. The number of nitrogens with one attached hydrogen (secondary N) is 1. The predicted molar refractivity (Wildman–Crippen MR) is 71.1 cm³/mol.